The van der Waals surface area contributed by atoms with E-state index < -0.39 is 44.0 Å². The molecule has 0 radical (unpaired) electrons. The number of nitrogens with one attached hydrogen (secondary N) is 2. The van der Waals surface area contributed by atoms with Gasteiger partial charge >= 0.3 is 5.69 Å². The van der Waals surface area contributed by atoms with Crippen LogP contribution in [0.3, 0.4) is 0 Å². The van der Waals surface area contributed by atoms with Crippen LogP contribution in [0.25, 0.3) is 5.69 Å². The zero-order valence-electron chi connectivity index (χ0n) is 18.1. The number of hydrogen-bond donors (Lipinski definition) is 3. The number of H-pyrrole nitrogens is 1. The second kappa shape index (κ2) is 9.74. The molecule has 0 spiro atoms. The third-order valence-corrected chi connectivity index (χ3v) is 7.10. The molecule has 1 fully saturated rings. The van der Waals surface area contributed by atoms with Crippen molar-refractivity contribution in [1.29, 1.82) is 0 Å². The molecule has 12 nitrogen and oxygen atoms in total. The van der Waals surface area contributed by atoms with Crippen LogP contribution in [0.1, 0.15) is 12.1 Å². The van der Waals surface area contributed by atoms with Crippen molar-refractivity contribution in [3.8, 4) is 23.1 Å². The fourth-order valence-electron chi connectivity index (χ4n) is 3.34. The molecule has 1 aliphatic rings. The van der Waals surface area contributed by atoms with Gasteiger partial charge in [-0.15, -0.1) is 0 Å². The average molecular weight is 565 g/mol. The van der Waals surface area contributed by atoms with Crippen molar-refractivity contribution in [1.82, 2.24) is 29.4 Å². The molecule has 0 bridgehead atoms. The standard InChI is InChI=1S/C19H16Cl2F2N6O6S/c1-28-6-8(7-28)27-36(33,34)13-4-14(24-5-12(13)30)35-16-10(20)2-9(3-11(16)21)29-19(32)25-18(31)15(26-29)17(22)23/h2-5,8,17,27,30H,6-7H2,1H3,(H,25,31,32). The van der Waals surface area contributed by atoms with E-state index >= 15 is 0 Å². The third kappa shape index (κ3) is 5.19. The van der Waals surface area contributed by atoms with Gasteiger partial charge in [0.1, 0.15) is 4.90 Å². The van der Waals surface area contributed by atoms with E-state index in [1.54, 1.807) is 4.98 Å². The Kier molecular flexibility index (Phi) is 7.03. The molecule has 36 heavy (non-hydrogen) atoms. The van der Waals surface area contributed by atoms with Gasteiger partial charge < -0.3 is 14.7 Å². The molecule has 1 aliphatic heterocycles. The summed E-state index contributed by atoms with van der Waals surface area (Å²) >= 11 is 12.4. The number of aromatic nitrogens is 4. The third-order valence-electron chi connectivity index (χ3n) is 4.99. The van der Waals surface area contributed by atoms with Gasteiger partial charge in [0, 0.05) is 25.2 Å². The van der Waals surface area contributed by atoms with E-state index in [0.29, 0.717) is 17.8 Å². The van der Waals surface area contributed by atoms with Crippen molar-refractivity contribution in [2.24, 2.45) is 0 Å². The minimum Gasteiger partial charge on any atom is -0.505 e. The lowest BCUT2D eigenvalue weighted by Gasteiger charge is -2.36. The lowest BCUT2D eigenvalue weighted by Crippen LogP contribution is -2.57. The quantitative estimate of drug-likeness (QED) is 0.387. The highest BCUT2D eigenvalue weighted by atomic mass is 35.5. The number of benzene rings is 1. The Morgan fingerprint density at radius 1 is 1.22 bits per heavy atom. The van der Waals surface area contributed by atoms with Crippen LogP contribution < -0.4 is 20.7 Å². The first-order valence-corrected chi connectivity index (χ1v) is 12.2. The smallest absolute Gasteiger partial charge is 0.349 e. The number of alkyl halides is 2. The van der Waals surface area contributed by atoms with E-state index in [1.807, 2.05) is 11.9 Å². The first-order chi connectivity index (χ1) is 16.9. The number of aromatic amines is 1. The zero-order valence-corrected chi connectivity index (χ0v) is 20.4. The van der Waals surface area contributed by atoms with Crippen molar-refractivity contribution in [3.63, 3.8) is 0 Å². The summed E-state index contributed by atoms with van der Waals surface area (Å²) in [5.74, 6) is -1.13. The van der Waals surface area contributed by atoms with E-state index in [0.717, 1.165) is 24.4 Å². The summed E-state index contributed by atoms with van der Waals surface area (Å²) in [6.45, 7) is 0.996. The number of likely N-dealkylation sites (N-methyl/N-ethyl adjacent to an activating group) is 1. The molecule has 1 saturated heterocycles. The van der Waals surface area contributed by atoms with Gasteiger partial charge in [-0.05, 0) is 19.2 Å². The molecular weight excluding hydrogens is 549 g/mol. The van der Waals surface area contributed by atoms with Gasteiger partial charge in [0.15, 0.2) is 17.2 Å². The van der Waals surface area contributed by atoms with Crippen molar-refractivity contribution in [3.05, 3.63) is 61.0 Å². The Morgan fingerprint density at radius 2 is 1.86 bits per heavy atom. The van der Waals surface area contributed by atoms with Gasteiger partial charge in [-0.1, -0.05) is 23.2 Å². The van der Waals surface area contributed by atoms with E-state index in [1.165, 1.54) is 0 Å². The van der Waals surface area contributed by atoms with Gasteiger partial charge in [-0.25, -0.2) is 31.7 Å². The molecule has 0 amide bonds. The highest BCUT2D eigenvalue weighted by Crippen LogP contribution is 2.38. The first-order valence-electron chi connectivity index (χ1n) is 9.94. The number of hydrogen-bond acceptors (Lipinski definition) is 9. The lowest BCUT2D eigenvalue weighted by atomic mass is 10.2. The first kappa shape index (κ1) is 26.0. The summed E-state index contributed by atoms with van der Waals surface area (Å²) in [6, 6.07) is 2.82. The van der Waals surface area contributed by atoms with Crippen molar-refractivity contribution >= 4 is 33.2 Å². The molecule has 4 rings (SSSR count). The van der Waals surface area contributed by atoms with E-state index in [9.17, 15) is 31.9 Å². The fraction of sp³-hybridized carbons (Fsp3) is 0.263. The number of nitrogens with zero attached hydrogens (tertiary/aromatic N) is 4. The van der Waals surface area contributed by atoms with Gasteiger partial charge in [-0.3, -0.25) is 9.78 Å². The maximum atomic E-state index is 13.0. The highest BCUT2D eigenvalue weighted by Gasteiger charge is 2.30. The number of sulfonamides is 1. The summed E-state index contributed by atoms with van der Waals surface area (Å²) in [6.07, 6.45) is -2.39. The predicted octanol–water partition coefficient (Wildman–Crippen LogP) is 1.65. The number of aromatic hydroxyl groups is 1. The van der Waals surface area contributed by atoms with Crippen LogP contribution >= 0.6 is 23.2 Å². The predicted molar refractivity (Wildman–Crippen MR) is 123 cm³/mol. The largest absolute Gasteiger partial charge is 0.505 e. The molecule has 3 heterocycles. The molecule has 3 N–H and O–H groups in total. The van der Waals surface area contributed by atoms with Crippen LogP contribution in [0.4, 0.5) is 8.78 Å². The van der Waals surface area contributed by atoms with Crippen LogP contribution in [-0.4, -0.2) is 64.4 Å². The van der Waals surface area contributed by atoms with Gasteiger partial charge in [0.25, 0.3) is 12.0 Å². The van der Waals surface area contributed by atoms with Gasteiger partial charge in [-0.2, -0.15) is 9.78 Å². The lowest BCUT2D eigenvalue weighted by molar-refractivity contribution is 0.141. The second-order valence-electron chi connectivity index (χ2n) is 7.73. The second-order valence-corrected chi connectivity index (χ2v) is 10.2. The zero-order chi connectivity index (χ0) is 26.4. The van der Waals surface area contributed by atoms with Crippen molar-refractivity contribution in [2.45, 2.75) is 17.4 Å². The number of halogens is 4. The summed E-state index contributed by atoms with van der Waals surface area (Å²) in [5, 5.41) is 13.0. The summed E-state index contributed by atoms with van der Waals surface area (Å²) < 4.78 is 59.9. The Morgan fingerprint density at radius 3 is 2.44 bits per heavy atom. The van der Waals surface area contributed by atoms with Gasteiger partial charge in [0.2, 0.25) is 15.9 Å². The van der Waals surface area contributed by atoms with E-state index in [-0.39, 0.29) is 33.4 Å². The monoisotopic (exact) mass is 564 g/mol. The maximum absolute atomic E-state index is 13.0. The van der Waals surface area contributed by atoms with Crippen molar-refractivity contribution in [2.75, 3.05) is 20.1 Å². The Balaban J connectivity index is 1.66. The number of likely N-dealkylation sites (tertiary alicyclic amines) is 1. The molecule has 2 aromatic heterocycles. The van der Waals surface area contributed by atoms with Crippen LogP contribution in [0.2, 0.25) is 10.0 Å². The van der Waals surface area contributed by atoms with Crippen LogP contribution in [0.5, 0.6) is 17.4 Å². The average Bonchev–Trinajstić information content (AvgIpc) is 2.75. The molecule has 1 aromatic carbocycles. The summed E-state index contributed by atoms with van der Waals surface area (Å²) in [5.41, 5.74) is -3.82. The molecule has 3 aromatic rings. The summed E-state index contributed by atoms with van der Waals surface area (Å²) in [4.78, 5) is 30.5. The van der Waals surface area contributed by atoms with E-state index in [4.69, 9.17) is 27.9 Å². The van der Waals surface area contributed by atoms with Crippen LogP contribution in [-0.2, 0) is 10.0 Å². The minimum atomic E-state index is -4.12. The van der Waals surface area contributed by atoms with Crippen LogP contribution in [0.15, 0.2) is 38.9 Å². The highest BCUT2D eigenvalue weighted by molar-refractivity contribution is 7.89. The Labute approximate surface area is 211 Å². The molecule has 17 heteroatoms. The van der Waals surface area contributed by atoms with E-state index in [2.05, 4.69) is 14.8 Å². The normalized spacial score (nSPS) is 14.7. The Hall–Kier alpha value is -3.11. The number of ether oxygens (including phenoxy) is 1. The molecular formula is C19H16Cl2F2N6O6S. The maximum Gasteiger partial charge on any atom is 0.349 e. The molecule has 0 atom stereocenters. The molecule has 0 aliphatic carbocycles. The Bertz CT molecular complexity index is 1540. The molecule has 0 saturated carbocycles. The van der Waals surface area contributed by atoms with Gasteiger partial charge in [0.05, 0.1) is 21.9 Å². The number of pyridine rings is 1. The fourth-order valence-corrected chi connectivity index (χ4v) is 5.19. The SMILES string of the molecule is CN1CC(NS(=O)(=O)c2cc(Oc3c(Cl)cc(-n4nc(C(F)F)c(=O)[nH]c4=O)cc3Cl)ncc2O)C1. The topological polar surface area (TPSA) is 160 Å². The number of rotatable bonds is 7. The molecule has 192 valence electrons. The van der Waals surface area contributed by atoms with Crippen LogP contribution in [0, 0.1) is 0 Å². The summed E-state index contributed by atoms with van der Waals surface area (Å²) in [7, 11) is -2.30. The molecule has 0 unspecified atom stereocenters. The van der Waals surface area contributed by atoms with Crippen molar-refractivity contribution < 1.29 is 27.0 Å². The minimum absolute atomic E-state index is 0.169.